The van der Waals surface area contributed by atoms with Crippen LogP contribution in [0, 0.1) is 0 Å². The first kappa shape index (κ1) is 11.5. The Morgan fingerprint density at radius 1 is 1.06 bits per heavy atom. The molecule has 0 aliphatic carbocycles. The van der Waals surface area contributed by atoms with Crippen LogP contribution in [-0.2, 0) is 0 Å². The van der Waals surface area contributed by atoms with E-state index in [0.717, 1.165) is 11.3 Å². The predicted octanol–water partition coefficient (Wildman–Crippen LogP) is 1.79. The fourth-order valence-electron chi connectivity index (χ4n) is 1.79. The van der Waals surface area contributed by atoms with E-state index in [-0.39, 0.29) is 6.04 Å². The number of aromatic nitrogens is 2. The van der Waals surface area contributed by atoms with Gasteiger partial charge in [-0.15, -0.1) is 0 Å². The zero-order valence-electron chi connectivity index (χ0n) is 9.92. The fourth-order valence-corrected chi connectivity index (χ4v) is 1.79. The minimum atomic E-state index is 0.122. The largest absolute Gasteiger partial charge is 0.497 e. The lowest BCUT2D eigenvalue weighted by Crippen LogP contribution is -2.17. The van der Waals surface area contributed by atoms with E-state index >= 15 is 0 Å². The van der Waals surface area contributed by atoms with Gasteiger partial charge < -0.3 is 10.1 Å². The monoisotopic (exact) mass is 229 g/mol. The molecule has 0 bridgehead atoms. The van der Waals surface area contributed by atoms with E-state index in [2.05, 4.69) is 15.5 Å². The number of rotatable bonds is 4. The van der Waals surface area contributed by atoms with Crippen LogP contribution in [0.25, 0.3) is 0 Å². The Balaban J connectivity index is 2.29. The molecule has 1 atom stereocenters. The van der Waals surface area contributed by atoms with Gasteiger partial charge in [0.05, 0.1) is 19.3 Å². The van der Waals surface area contributed by atoms with Crippen LogP contribution in [0.1, 0.15) is 17.2 Å². The van der Waals surface area contributed by atoms with Crippen LogP contribution in [0.4, 0.5) is 0 Å². The van der Waals surface area contributed by atoms with Gasteiger partial charge in [-0.3, -0.25) is 0 Å². The zero-order chi connectivity index (χ0) is 12.1. The Labute approximate surface area is 101 Å². The number of nitrogens with one attached hydrogen (secondary N) is 1. The number of nitrogens with zero attached hydrogens (tertiary/aromatic N) is 2. The standard InChI is InChI=1S/C13H15N3O/c1-14-13(11-7-8-15-16-9-11)10-3-5-12(17-2)6-4-10/h3-9,13-14H,1-2H3. The highest BCUT2D eigenvalue weighted by Gasteiger charge is 2.11. The lowest BCUT2D eigenvalue weighted by molar-refractivity contribution is 0.414. The van der Waals surface area contributed by atoms with Crippen molar-refractivity contribution in [3.63, 3.8) is 0 Å². The maximum Gasteiger partial charge on any atom is 0.118 e. The first-order valence-electron chi connectivity index (χ1n) is 5.43. The summed E-state index contributed by atoms with van der Waals surface area (Å²) in [6.07, 6.45) is 3.47. The minimum absolute atomic E-state index is 0.122. The second-order valence-electron chi connectivity index (χ2n) is 3.67. The van der Waals surface area contributed by atoms with Crippen LogP contribution in [0.5, 0.6) is 5.75 Å². The van der Waals surface area contributed by atoms with Gasteiger partial charge >= 0.3 is 0 Å². The number of hydrogen-bond acceptors (Lipinski definition) is 4. The van der Waals surface area contributed by atoms with Crippen molar-refractivity contribution in [1.29, 1.82) is 0 Å². The highest BCUT2D eigenvalue weighted by Crippen LogP contribution is 2.22. The Morgan fingerprint density at radius 2 is 1.82 bits per heavy atom. The Bertz CT molecular complexity index is 456. The highest BCUT2D eigenvalue weighted by atomic mass is 16.5. The molecule has 0 spiro atoms. The van der Waals surface area contributed by atoms with Crippen LogP contribution in [0.15, 0.2) is 42.7 Å². The van der Waals surface area contributed by atoms with Gasteiger partial charge in [0.1, 0.15) is 5.75 Å². The number of methoxy groups -OCH3 is 1. The summed E-state index contributed by atoms with van der Waals surface area (Å²) < 4.78 is 5.15. The Morgan fingerprint density at radius 3 is 2.35 bits per heavy atom. The SMILES string of the molecule is CNC(c1ccc(OC)cc1)c1ccnnc1. The molecule has 0 amide bonds. The number of benzene rings is 1. The summed E-state index contributed by atoms with van der Waals surface area (Å²) in [6.45, 7) is 0. The molecule has 1 heterocycles. The molecule has 17 heavy (non-hydrogen) atoms. The van der Waals surface area contributed by atoms with Crippen LogP contribution >= 0.6 is 0 Å². The third-order valence-corrected chi connectivity index (χ3v) is 2.68. The van der Waals surface area contributed by atoms with E-state index < -0.39 is 0 Å². The maximum absolute atomic E-state index is 5.15. The molecule has 4 nitrogen and oxygen atoms in total. The van der Waals surface area contributed by atoms with Gasteiger partial charge in [0.15, 0.2) is 0 Å². The van der Waals surface area contributed by atoms with Crippen molar-refractivity contribution in [3.05, 3.63) is 53.9 Å². The second-order valence-corrected chi connectivity index (χ2v) is 3.67. The van der Waals surface area contributed by atoms with E-state index in [1.807, 2.05) is 37.4 Å². The average molecular weight is 229 g/mol. The predicted molar refractivity (Wildman–Crippen MR) is 65.9 cm³/mol. The molecule has 2 rings (SSSR count). The van der Waals surface area contributed by atoms with Crippen LogP contribution in [0.2, 0.25) is 0 Å². The average Bonchev–Trinajstić information content (AvgIpc) is 2.42. The van der Waals surface area contributed by atoms with Gasteiger partial charge in [0.25, 0.3) is 0 Å². The first-order chi connectivity index (χ1) is 8.35. The van der Waals surface area contributed by atoms with Gasteiger partial charge in [-0.1, -0.05) is 12.1 Å². The van der Waals surface area contributed by atoms with Gasteiger partial charge in [0, 0.05) is 6.20 Å². The number of hydrogen-bond donors (Lipinski definition) is 1. The van der Waals surface area contributed by atoms with Crippen LogP contribution in [-0.4, -0.2) is 24.4 Å². The van der Waals surface area contributed by atoms with Crippen LogP contribution in [0.3, 0.4) is 0 Å². The van der Waals surface area contributed by atoms with Crippen molar-refractivity contribution in [2.75, 3.05) is 14.2 Å². The van der Waals surface area contributed by atoms with Crippen LogP contribution < -0.4 is 10.1 Å². The fraction of sp³-hybridized carbons (Fsp3) is 0.231. The van der Waals surface area contributed by atoms with Gasteiger partial charge in [-0.2, -0.15) is 10.2 Å². The Hall–Kier alpha value is -1.94. The van der Waals surface area contributed by atoms with E-state index in [1.165, 1.54) is 5.56 Å². The van der Waals surface area contributed by atoms with E-state index in [1.54, 1.807) is 19.5 Å². The smallest absolute Gasteiger partial charge is 0.118 e. The molecule has 1 N–H and O–H groups in total. The molecule has 0 saturated carbocycles. The first-order valence-corrected chi connectivity index (χ1v) is 5.43. The van der Waals surface area contributed by atoms with Crippen molar-refractivity contribution in [2.24, 2.45) is 0 Å². The summed E-state index contributed by atoms with van der Waals surface area (Å²) in [5, 5.41) is 10.9. The molecule has 0 radical (unpaired) electrons. The molecule has 1 aromatic carbocycles. The van der Waals surface area contributed by atoms with E-state index in [0.29, 0.717) is 0 Å². The third kappa shape index (κ3) is 2.60. The molecule has 0 saturated heterocycles. The van der Waals surface area contributed by atoms with Gasteiger partial charge in [0.2, 0.25) is 0 Å². The molecule has 4 heteroatoms. The number of ether oxygens (including phenoxy) is 1. The molecule has 1 unspecified atom stereocenters. The topological polar surface area (TPSA) is 47.0 Å². The summed E-state index contributed by atoms with van der Waals surface area (Å²) in [6, 6.07) is 10.1. The minimum Gasteiger partial charge on any atom is -0.497 e. The maximum atomic E-state index is 5.15. The summed E-state index contributed by atoms with van der Waals surface area (Å²) in [7, 11) is 3.59. The summed E-state index contributed by atoms with van der Waals surface area (Å²) in [4.78, 5) is 0. The molecule has 0 fully saturated rings. The Kier molecular flexibility index (Phi) is 3.67. The molecular formula is C13H15N3O. The van der Waals surface area contributed by atoms with Crippen molar-refractivity contribution in [2.45, 2.75) is 6.04 Å². The van der Waals surface area contributed by atoms with Crippen molar-refractivity contribution in [3.8, 4) is 5.75 Å². The summed E-state index contributed by atoms with van der Waals surface area (Å²) in [5.41, 5.74) is 2.26. The summed E-state index contributed by atoms with van der Waals surface area (Å²) in [5.74, 6) is 0.858. The second kappa shape index (κ2) is 5.41. The van der Waals surface area contributed by atoms with E-state index in [9.17, 15) is 0 Å². The van der Waals surface area contributed by atoms with Gasteiger partial charge in [-0.25, -0.2) is 0 Å². The van der Waals surface area contributed by atoms with Gasteiger partial charge in [-0.05, 0) is 36.4 Å². The highest BCUT2D eigenvalue weighted by molar-refractivity contribution is 5.34. The molecule has 0 aliphatic heterocycles. The van der Waals surface area contributed by atoms with E-state index in [4.69, 9.17) is 4.74 Å². The molecular weight excluding hydrogens is 214 g/mol. The molecule has 2 aromatic rings. The van der Waals surface area contributed by atoms with Crippen molar-refractivity contribution >= 4 is 0 Å². The molecule has 88 valence electrons. The molecule has 1 aromatic heterocycles. The normalized spacial score (nSPS) is 12.1. The molecule has 0 aliphatic rings. The quantitative estimate of drug-likeness (QED) is 0.868. The zero-order valence-corrected chi connectivity index (χ0v) is 9.92. The lowest BCUT2D eigenvalue weighted by Gasteiger charge is -2.16. The third-order valence-electron chi connectivity index (χ3n) is 2.68. The summed E-state index contributed by atoms with van der Waals surface area (Å²) >= 11 is 0. The van der Waals surface area contributed by atoms with Crippen molar-refractivity contribution < 1.29 is 4.74 Å². The van der Waals surface area contributed by atoms with Crippen molar-refractivity contribution in [1.82, 2.24) is 15.5 Å². The lowest BCUT2D eigenvalue weighted by atomic mass is 10.0.